The molecule has 1 rings (SSSR count). The molecule has 0 spiro atoms. The predicted molar refractivity (Wildman–Crippen MR) is 40.3 cm³/mol. The first-order chi connectivity index (χ1) is 5.13. The van der Waals surface area contributed by atoms with E-state index in [1.165, 1.54) is 12.3 Å². The minimum Gasteiger partial charge on any atom is -0.378 e. The summed E-state index contributed by atoms with van der Waals surface area (Å²) in [6.07, 6.45) is 1.31. The number of hydrogen-bond donors (Lipinski definition) is 1. The third kappa shape index (κ3) is 34.7. The number of halogens is 1. The van der Waals surface area contributed by atoms with Crippen molar-refractivity contribution in [3.8, 4) is 0 Å². The SMILES string of the molecule is Nc1nccc(Cl)c1[N+](=O)[O-].[Ar].[Ar].[Ar].[Ar].[Ar].[Ar].[Ar].[Ar].[Ar].[Ar].[Ar]. The van der Waals surface area contributed by atoms with Crippen LogP contribution >= 0.6 is 11.6 Å². The van der Waals surface area contributed by atoms with E-state index in [0.29, 0.717) is 0 Å². The molecule has 2 N–H and O–H groups in total. The van der Waals surface area contributed by atoms with Gasteiger partial charge in [-0.05, 0) is 6.07 Å². The number of rotatable bonds is 1. The number of nitrogens with zero attached hydrogens (tertiary/aromatic N) is 2. The Morgan fingerprint density at radius 1 is 0.909 bits per heavy atom. The Morgan fingerprint density at radius 3 is 1.41 bits per heavy atom. The van der Waals surface area contributed by atoms with Crippen LogP contribution in [-0.4, -0.2) is 9.91 Å². The van der Waals surface area contributed by atoms with E-state index in [4.69, 9.17) is 17.3 Å². The van der Waals surface area contributed by atoms with Gasteiger partial charge < -0.3 is 5.73 Å². The molecule has 0 atom stereocenters. The molecule has 0 aromatic carbocycles. The van der Waals surface area contributed by atoms with E-state index in [-0.39, 0.29) is 432 Å². The van der Waals surface area contributed by atoms with E-state index in [9.17, 15) is 10.1 Å². The van der Waals surface area contributed by atoms with Crippen molar-refractivity contribution >= 4 is 23.1 Å². The van der Waals surface area contributed by atoms with Gasteiger partial charge in [-0.2, -0.15) is 0 Å². The van der Waals surface area contributed by atoms with Crippen LogP contribution in [0.25, 0.3) is 0 Å². The molecule has 1 heterocycles. The summed E-state index contributed by atoms with van der Waals surface area (Å²) in [6.45, 7) is 0. The summed E-state index contributed by atoms with van der Waals surface area (Å²) in [7, 11) is 0. The Labute approximate surface area is 464 Å². The zero-order valence-corrected chi connectivity index (χ0v) is 17.7. The Bertz CT molecular complexity index is 304. The van der Waals surface area contributed by atoms with Crippen molar-refractivity contribution in [2.45, 2.75) is 0 Å². The fourth-order valence-corrected chi connectivity index (χ4v) is 0.848. The number of anilines is 1. The maximum atomic E-state index is 10.2. The normalized spacial score (nSPS) is 4.77. The van der Waals surface area contributed by atoms with Gasteiger partial charge in [0.1, 0.15) is 5.02 Å². The van der Waals surface area contributed by atoms with Crippen LogP contribution in [0.15, 0.2) is 12.3 Å². The standard InChI is InChI=1S/C5H4ClN3O2.11Ar/c6-3-1-2-8-5(7)4(3)9(10)11;;;;;;;;;;;/h1-2H,(H2,7,8);;;;;;;;;;;. The van der Waals surface area contributed by atoms with Crippen LogP contribution < -0.4 is 5.73 Å². The van der Waals surface area contributed by atoms with Crippen LogP contribution in [0, 0.1) is 425 Å². The molecule has 0 aliphatic rings. The number of nitrogens with two attached hydrogens (primary N) is 1. The van der Waals surface area contributed by atoms with Crippen molar-refractivity contribution in [2.24, 2.45) is 0 Å². The van der Waals surface area contributed by atoms with Gasteiger partial charge in [0.15, 0.2) is 0 Å². The van der Waals surface area contributed by atoms with Gasteiger partial charge in [0.2, 0.25) is 5.82 Å². The number of nitro groups is 1. The maximum Gasteiger partial charge on any atom is 0.329 e. The smallest absolute Gasteiger partial charge is 0.329 e. The largest absolute Gasteiger partial charge is 0.378 e. The van der Waals surface area contributed by atoms with Crippen molar-refractivity contribution in [3.05, 3.63) is 27.4 Å². The van der Waals surface area contributed by atoms with Crippen molar-refractivity contribution in [2.75, 3.05) is 5.73 Å². The Kier molecular flexibility index (Phi) is 149. The van der Waals surface area contributed by atoms with Crippen LogP contribution in [0.5, 0.6) is 0 Å². The molecule has 1 aromatic heterocycles. The molecule has 0 radical (unpaired) electrons. The van der Waals surface area contributed by atoms with Crippen molar-refractivity contribution < 1.29 is 420 Å². The average molecular weight is 613 g/mol. The third-order valence-electron chi connectivity index (χ3n) is 1.09. The second-order valence-corrected chi connectivity index (χ2v) is 2.19. The first-order valence-corrected chi connectivity index (χ1v) is 3.05. The fourth-order valence-electron chi connectivity index (χ4n) is 0.626. The Hall–Kier alpha value is 12.5. The summed E-state index contributed by atoms with van der Waals surface area (Å²) < 4.78 is 0. The molecule has 1 aromatic rings. The van der Waals surface area contributed by atoms with E-state index in [2.05, 4.69) is 4.98 Å². The van der Waals surface area contributed by atoms with E-state index in [1.54, 1.807) is 0 Å². The van der Waals surface area contributed by atoms with E-state index >= 15 is 0 Å². The first-order valence-electron chi connectivity index (χ1n) is 2.67. The second-order valence-electron chi connectivity index (χ2n) is 1.78. The van der Waals surface area contributed by atoms with E-state index in [1.807, 2.05) is 0 Å². The van der Waals surface area contributed by atoms with Gasteiger partial charge in [-0.25, -0.2) is 4.98 Å². The zero-order valence-electron chi connectivity index (χ0n) is 9.21. The summed E-state index contributed by atoms with van der Waals surface area (Å²) in [4.78, 5) is 13.1. The number of aromatic nitrogens is 1. The van der Waals surface area contributed by atoms with Gasteiger partial charge in [-0.15, -0.1) is 0 Å². The summed E-state index contributed by atoms with van der Waals surface area (Å²) in [6, 6.07) is 1.32. The summed E-state index contributed by atoms with van der Waals surface area (Å²) >= 11 is 5.46. The molecule has 0 aliphatic heterocycles. The van der Waals surface area contributed by atoms with Gasteiger partial charge in [0, 0.05) is 421 Å². The molecule has 0 aliphatic carbocycles. The monoisotopic (exact) mass is 613 g/mol. The van der Waals surface area contributed by atoms with Crippen LogP contribution in [0.4, 0.5) is 11.5 Å². The number of nitrogen functional groups attached to an aromatic ring is 1. The quantitative estimate of drug-likeness (QED) is 0.382. The Morgan fingerprint density at radius 2 is 1.23 bits per heavy atom. The molecule has 22 heavy (non-hydrogen) atoms. The molecule has 0 unspecified atom stereocenters. The maximum absolute atomic E-state index is 10.2. The molecule has 0 fully saturated rings. The molecule has 17 heteroatoms. The second kappa shape index (κ2) is 46.8. The molecular formula is C5H4Ar11ClN3O2. The van der Waals surface area contributed by atoms with Gasteiger partial charge in [-0.3, -0.25) is 10.1 Å². The molecule has 5 nitrogen and oxygen atoms in total. The topological polar surface area (TPSA) is 82.0 Å². The van der Waals surface area contributed by atoms with Gasteiger partial charge in [-0.1, -0.05) is 11.6 Å². The van der Waals surface area contributed by atoms with Crippen LogP contribution in [0.3, 0.4) is 0 Å². The Balaban J connectivity index is -0.0000000122. The zero-order chi connectivity index (χ0) is 8.43. The van der Waals surface area contributed by atoms with Crippen LogP contribution in [0.2, 0.25) is 5.02 Å². The molecule has 0 bridgehead atoms. The molecule has 0 amide bonds. The van der Waals surface area contributed by atoms with Gasteiger partial charge >= 0.3 is 5.69 Å². The third-order valence-corrected chi connectivity index (χ3v) is 1.39. The van der Waals surface area contributed by atoms with Gasteiger partial charge in [0.25, 0.3) is 0 Å². The van der Waals surface area contributed by atoms with E-state index in [0.717, 1.165) is 0 Å². The molecule has 146 valence electrons. The van der Waals surface area contributed by atoms with Crippen LogP contribution in [0.1, 0.15) is 0 Å². The van der Waals surface area contributed by atoms with Crippen molar-refractivity contribution in [1.82, 2.24) is 4.98 Å². The predicted octanol–water partition coefficient (Wildman–Crippen LogP) is 1.23. The fraction of sp³-hybridized carbons (Fsp3) is 0. The first kappa shape index (κ1) is 70.1. The average Bonchev–Trinajstić information content (AvgIpc) is 1.85. The minimum absolute atomic E-state index is 0. The summed E-state index contributed by atoms with van der Waals surface area (Å²) in [5, 5.41) is 10.2. The number of hydrogen-bond acceptors (Lipinski definition) is 4. The minimum atomic E-state index is -0.662. The van der Waals surface area contributed by atoms with Crippen LogP contribution in [-0.2, 0) is 0 Å². The van der Waals surface area contributed by atoms with Gasteiger partial charge in [0.05, 0.1) is 4.92 Å². The summed E-state index contributed by atoms with van der Waals surface area (Å²) in [5.41, 5.74) is 4.85. The number of pyridine rings is 1. The molecule has 0 saturated carbocycles. The molecule has 0 saturated heterocycles. The van der Waals surface area contributed by atoms with E-state index < -0.39 is 4.92 Å². The van der Waals surface area contributed by atoms with Crippen molar-refractivity contribution in [3.63, 3.8) is 0 Å². The summed E-state index contributed by atoms with van der Waals surface area (Å²) in [5.74, 6) is -0.164. The van der Waals surface area contributed by atoms with Crippen molar-refractivity contribution in [1.29, 1.82) is 0 Å². The molecular weight excluding hydrogens is 609 g/mol.